The van der Waals surface area contributed by atoms with Gasteiger partial charge in [-0.05, 0) is 19.9 Å². The molecule has 7 nitrogen and oxygen atoms in total. The Bertz CT molecular complexity index is 1120. The van der Waals surface area contributed by atoms with Gasteiger partial charge in [-0.25, -0.2) is 13.4 Å². The van der Waals surface area contributed by atoms with Gasteiger partial charge in [-0.15, -0.1) is 11.3 Å². The number of para-hydroxylation sites is 1. The average molecular weight is 373 g/mol. The maximum Gasteiger partial charge on any atom is 0.265 e. The number of nitrogens with zero attached hydrogens (tertiary/aromatic N) is 3. The van der Waals surface area contributed by atoms with Crippen molar-refractivity contribution in [3.05, 3.63) is 53.4 Å². The fourth-order valence-corrected chi connectivity index (χ4v) is 4.94. The third-order valence-electron chi connectivity index (χ3n) is 3.87. The van der Waals surface area contributed by atoms with Gasteiger partial charge in [0.05, 0.1) is 22.8 Å². The molecule has 0 saturated carbocycles. The third kappa shape index (κ3) is 2.71. The Kier molecular flexibility index (Phi) is 3.62. The van der Waals surface area contributed by atoms with Crippen molar-refractivity contribution in [2.45, 2.75) is 18.7 Å². The van der Waals surface area contributed by atoms with Gasteiger partial charge in [-0.2, -0.15) is 5.10 Å². The molecule has 0 fully saturated rings. The first-order valence-electron chi connectivity index (χ1n) is 7.52. The number of imidazole rings is 1. The summed E-state index contributed by atoms with van der Waals surface area (Å²) in [7, 11) is -3.75. The molecule has 0 unspecified atom stereocenters. The van der Waals surface area contributed by atoms with Gasteiger partial charge in [0.2, 0.25) is 0 Å². The number of aromatic amines is 1. The highest BCUT2D eigenvalue weighted by Gasteiger charge is 2.23. The lowest BCUT2D eigenvalue weighted by atomic mass is 10.1. The van der Waals surface area contributed by atoms with Crippen LogP contribution < -0.4 is 4.72 Å². The Balaban J connectivity index is 1.78. The number of rotatable bonds is 4. The Morgan fingerprint density at radius 1 is 1.24 bits per heavy atom. The number of aryl methyl sites for hydroxylation is 2. The molecule has 0 amide bonds. The zero-order valence-electron chi connectivity index (χ0n) is 13.5. The van der Waals surface area contributed by atoms with Crippen LogP contribution in [0.5, 0.6) is 0 Å². The second-order valence-electron chi connectivity index (χ2n) is 5.63. The van der Waals surface area contributed by atoms with Crippen LogP contribution in [-0.4, -0.2) is 28.0 Å². The zero-order chi connectivity index (χ0) is 17.6. The molecule has 0 aliphatic heterocycles. The van der Waals surface area contributed by atoms with Crippen molar-refractivity contribution in [1.82, 2.24) is 19.6 Å². The maximum atomic E-state index is 12.8. The van der Waals surface area contributed by atoms with Gasteiger partial charge in [0.25, 0.3) is 10.0 Å². The fourth-order valence-electron chi connectivity index (χ4n) is 2.79. The number of thiazole rings is 1. The number of hydrogen-bond acceptors (Lipinski definition) is 5. The van der Waals surface area contributed by atoms with Crippen LogP contribution in [0.15, 0.2) is 46.9 Å². The van der Waals surface area contributed by atoms with Crippen molar-refractivity contribution in [1.29, 1.82) is 0 Å². The maximum absolute atomic E-state index is 12.8. The van der Waals surface area contributed by atoms with Crippen LogP contribution in [-0.2, 0) is 10.0 Å². The van der Waals surface area contributed by atoms with E-state index >= 15 is 0 Å². The lowest BCUT2D eigenvalue weighted by Crippen LogP contribution is -2.15. The lowest BCUT2D eigenvalue weighted by molar-refractivity contribution is 0.600. The number of fused-ring (bicyclic) bond motifs is 1. The van der Waals surface area contributed by atoms with E-state index in [0.29, 0.717) is 22.8 Å². The third-order valence-corrected chi connectivity index (χ3v) is 6.27. The van der Waals surface area contributed by atoms with Crippen molar-refractivity contribution in [3.8, 4) is 11.3 Å². The summed E-state index contributed by atoms with van der Waals surface area (Å²) >= 11 is 1.52. The van der Waals surface area contributed by atoms with E-state index in [4.69, 9.17) is 0 Å². The first-order chi connectivity index (χ1) is 12.0. The molecule has 3 aromatic heterocycles. The second-order valence-corrected chi connectivity index (χ2v) is 8.13. The summed E-state index contributed by atoms with van der Waals surface area (Å²) in [5.74, 6) is 0. The number of aromatic nitrogens is 4. The number of anilines is 1. The standard InChI is InChI=1S/C16H15N5O2S2/c1-10-15(11(2)19-18-10)25(22,23)20-13-6-4-3-5-12(13)14-9-21-7-8-24-16(21)17-14/h3-9,20H,1-2H3,(H,18,19). The first-order valence-corrected chi connectivity index (χ1v) is 9.88. The molecule has 25 heavy (non-hydrogen) atoms. The highest BCUT2D eigenvalue weighted by atomic mass is 32.2. The average Bonchev–Trinajstić information content (AvgIpc) is 3.22. The van der Waals surface area contributed by atoms with E-state index in [-0.39, 0.29) is 4.90 Å². The monoisotopic (exact) mass is 373 g/mol. The molecule has 0 aliphatic rings. The first kappa shape index (κ1) is 15.9. The van der Waals surface area contributed by atoms with Crippen LogP contribution in [0.4, 0.5) is 5.69 Å². The summed E-state index contributed by atoms with van der Waals surface area (Å²) in [4.78, 5) is 5.59. The number of nitrogens with one attached hydrogen (secondary N) is 2. The normalized spacial score (nSPS) is 11.9. The van der Waals surface area contributed by atoms with Gasteiger partial charge in [0.1, 0.15) is 4.90 Å². The van der Waals surface area contributed by atoms with Crippen LogP contribution in [0.3, 0.4) is 0 Å². The van der Waals surface area contributed by atoms with Crippen LogP contribution in [0.1, 0.15) is 11.4 Å². The quantitative estimate of drug-likeness (QED) is 0.574. The van der Waals surface area contributed by atoms with E-state index in [2.05, 4.69) is 19.9 Å². The van der Waals surface area contributed by atoms with Crippen molar-refractivity contribution >= 4 is 32.0 Å². The van der Waals surface area contributed by atoms with Gasteiger partial charge in [0, 0.05) is 23.3 Å². The number of H-pyrrole nitrogens is 1. The molecule has 3 heterocycles. The van der Waals surface area contributed by atoms with Crippen LogP contribution in [0.2, 0.25) is 0 Å². The Labute approximate surface area is 148 Å². The predicted molar refractivity (Wildman–Crippen MR) is 97.4 cm³/mol. The summed E-state index contributed by atoms with van der Waals surface area (Å²) in [6.07, 6.45) is 3.80. The summed E-state index contributed by atoms with van der Waals surface area (Å²) < 4.78 is 30.2. The van der Waals surface area contributed by atoms with E-state index in [9.17, 15) is 8.42 Å². The molecule has 4 rings (SSSR count). The summed E-state index contributed by atoms with van der Waals surface area (Å²) in [5, 5.41) is 8.62. The van der Waals surface area contributed by atoms with E-state index < -0.39 is 10.0 Å². The molecule has 128 valence electrons. The molecule has 0 spiro atoms. The number of sulfonamides is 1. The summed E-state index contributed by atoms with van der Waals surface area (Å²) in [6, 6.07) is 7.22. The van der Waals surface area contributed by atoms with Gasteiger partial charge in [-0.1, -0.05) is 18.2 Å². The van der Waals surface area contributed by atoms with E-state index in [1.54, 1.807) is 26.0 Å². The fraction of sp³-hybridized carbons (Fsp3) is 0.125. The molecule has 0 saturated heterocycles. The van der Waals surface area contributed by atoms with Crippen LogP contribution in [0.25, 0.3) is 16.2 Å². The number of benzene rings is 1. The lowest BCUT2D eigenvalue weighted by Gasteiger charge is -2.11. The van der Waals surface area contributed by atoms with Gasteiger partial charge in [-0.3, -0.25) is 14.2 Å². The molecule has 0 aliphatic carbocycles. The smallest absolute Gasteiger partial charge is 0.265 e. The molecule has 2 N–H and O–H groups in total. The Hall–Kier alpha value is -2.65. The zero-order valence-corrected chi connectivity index (χ0v) is 15.1. The summed E-state index contributed by atoms with van der Waals surface area (Å²) in [5.41, 5.74) is 2.86. The van der Waals surface area contributed by atoms with Crippen molar-refractivity contribution in [2.24, 2.45) is 0 Å². The van der Waals surface area contributed by atoms with Crippen LogP contribution >= 0.6 is 11.3 Å². The van der Waals surface area contributed by atoms with E-state index in [0.717, 1.165) is 10.5 Å². The highest BCUT2D eigenvalue weighted by Crippen LogP contribution is 2.30. The molecular weight excluding hydrogens is 358 g/mol. The van der Waals surface area contributed by atoms with Gasteiger partial charge < -0.3 is 0 Å². The Morgan fingerprint density at radius 3 is 2.76 bits per heavy atom. The molecular formula is C16H15N5O2S2. The van der Waals surface area contributed by atoms with Crippen molar-refractivity contribution in [2.75, 3.05) is 4.72 Å². The highest BCUT2D eigenvalue weighted by molar-refractivity contribution is 7.92. The van der Waals surface area contributed by atoms with E-state index in [1.807, 2.05) is 34.3 Å². The molecule has 0 radical (unpaired) electrons. The molecule has 0 atom stereocenters. The van der Waals surface area contributed by atoms with E-state index in [1.165, 1.54) is 11.3 Å². The van der Waals surface area contributed by atoms with Crippen molar-refractivity contribution in [3.63, 3.8) is 0 Å². The molecule has 1 aromatic carbocycles. The topological polar surface area (TPSA) is 92.1 Å². The van der Waals surface area contributed by atoms with Crippen LogP contribution in [0, 0.1) is 13.8 Å². The summed E-state index contributed by atoms with van der Waals surface area (Å²) in [6.45, 7) is 3.34. The Morgan fingerprint density at radius 2 is 2.04 bits per heavy atom. The van der Waals surface area contributed by atoms with Gasteiger partial charge in [0.15, 0.2) is 4.96 Å². The molecule has 0 bridgehead atoms. The second kappa shape index (κ2) is 5.71. The largest absolute Gasteiger partial charge is 0.297 e. The SMILES string of the molecule is Cc1n[nH]c(C)c1S(=O)(=O)Nc1ccccc1-c1cn2ccsc2n1. The molecule has 9 heteroatoms. The molecule has 4 aromatic rings. The predicted octanol–water partition coefficient (Wildman–Crippen LogP) is 3.20. The minimum Gasteiger partial charge on any atom is -0.297 e. The minimum absolute atomic E-state index is 0.174. The van der Waals surface area contributed by atoms with Gasteiger partial charge >= 0.3 is 0 Å². The van der Waals surface area contributed by atoms with Crippen molar-refractivity contribution < 1.29 is 8.42 Å². The number of hydrogen-bond donors (Lipinski definition) is 2. The minimum atomic E-state index is -3.75.